The van der Waals surface area contributed by atoms with Gasteiger partial charge >= 0.3 is 11.9 Å². The van der Waals surface area contributed by atoms with Crippen LogP contribution in [0.3, 0.4) is 0 Å². The summed E-state index contributed by atoms with van der Waals surface area (Å²) in [6.07, 6.45) is 0.0655. The van der Waals surface area contributed by atoms with Crippen molar-refractivity contribution in [1.82, 2.24) is 0 Å². The van der Waals surface area contributed by atoms with Crippen LogP contribution < -0.4 is 0 Å². The molecule has 0 heterocycles. The van der Waals surface area contributed by atoms with Crippen LogP contribution in [0.15, 0.2) is 23.6 Å². The van der Waals surface area contributed by atoms with E-state index >= 15 is 4.39 Å². The number of aliphatic hydroxyl groups is 1. The molecule has 7 nitrogen and oxygen atoms in total. The van der Waals surface area contributed by atoms with Gasteiger partial charge in [0.05, 0.1) is 6.10 Å². The number of aliphatic hydroxyl groups excluding tert-OH is 1. The summed E-state index contributed by atoms with van der Waals surface area (Å²) in [7, 11) is 0. The fourth-order valence-corrected chi connectivity index (χ4v) is 8.12. The molecule has 4 rings (SSSR count). The Bertz CT molecular complexity index is 1050. The second-order valence-corrected chi connectivity index (χ2v) is 11.1. The van der Waals surface area contributed by atoms with Gasteiger partial charge in [-0.15, -0.1) is 0 Å². The molecule has 0 bridgehead atoms. The maximum Gasteiger partial charge on any atom is 0.303 e. The van der Waals surface area contributed by atoms with E-state index in [0.717, 1.165) is 6.08 Å². The Kier molecular flexibility index (Phi) is 6.10. The molecule has 35 heavy (non-hydrogen) atoms. The Morgan fingerprint density at radius 2 is 1.83 bits per heavy atom. The number of ether oxygens (including phenoxy) is 2. The maximum absolute atomic E-state index is 15.6. The van der Waals surface area contributed by atoms with Crippen LogP contribution in [0.1, 0.15) is 53.9 Å². The summed E-state index contributed by atoms with van der Waals surface area (Å²) < 4.78 is 41.1. The second-order valence-electron chi connectivity index (χ2n) is 11.1. The van der Waals surface area contributed by atoms with Gasteiger partial charge in [0.2, 0.25) is 11.6 Å². The molecule has 0 amide bonds. The van der Waals surface area contributed by atoms with Crippen LogP contribution in [0, 0.1) is 34.5 Å². The topological polar surface area (TPSA) is 107 Å². The number of ketones is 2. The van der Waals surface area contributed by atoms with Crippen LogP contribution in [0.5, 0.6) is 0 Å². The maximum atomic E-state index is 15.6. The lowest BCUT2D eigenvalue weighted by Gasteiger charge is -2.60. The lowest BCUT2D eigenvalue weighted by Crippen LogP contribution is -2.65. The van der Waals surface area contributed by atoms with Crippen LogP contribution in [-0.2, 0) is 28.7 Å². The van der Waals surface area contributed by atoms with Crippen molar-refractivity contribution in [2.45, 2.75) is 71.8 Å². The highest BCUT2D eigenvalue weighted by atomic mass is 19.1. The summed E-state index contributed by atoms with van der Waals surface area (Å²) >= 11 is 0. The van der Waals surface area contributed by atoms with Crippen molar-refractivity contribution in [3.8, 4) is 0 Å². The first kappa shape index (κ1) is 25.7. The van der Waals surface area contributed by atoms with Crippen LogP contribution in [0.2, 0.25) is 0 Å². The van der Waals surface area contributed by atoms with E-state index < -0.39 is 82.4 Å². The van der Waals surface area contributed by atoms with Gasteiger partial charge in [0.1, 0.15) is 6.17 Å². The number of fused-ring (bicyclic) bond motifs is 5. The van der Waals surface area contributed by atoms with Gasteiger partial charge in [-0.05, 0) is 37.2 Å². The van der Waals surface area contributed by atoms with Crippen LogP contribution in [0.4, 0.5) is 8.78 Å². The molecule has 9 atom stereocenters. The zero-order chi connectivity index (χ0) is 26.1. The highest BCUT2D eigenvalue weighted by Crippen LogP contribution is 2.69. The first-order chi connectivity index (χ1) is 16.2. The lowest BCUT2D eigenvalue weighted by molar-refractivity contribution is -0.206. The van der Waals surface area contributed by atoms with E-state index in [-0.39, 0.29) is 24.3 Å². The molecule has 0 spiro atoms. The van der Waals surface area contributed by atoms with Crippen molar-refractivity contribution in [3.05, 3.63) is 23.6 Å². The summed E-state index contributed by atoms with van der Waals surface area (Å²) in [5.41, 5.74) is -4.20. The van der Waals surface area contributed by atoms with Crippen molar-refractivity contribution < 1.29 is 42.5 Å². The second kappa shape index (κ2) is 8.32. The van der Waals surface area contributed by atoms with E-state index in [9.17, 15) is 28.7 Å². The summed E-state index contributed by atoms with van der Waals surface area (Å²) in [6.45, 7) is 6.93. The minimum atomic E-state index is -1.74. The van der Waals surface area contributed by atoms with Crippen molar-refractivity contribution in [1.29, 1.82) is 0 Å². The van der Waals surface area contributed by atoms with Crippen molar-refractivity contribution in [2.24, 2.45) is 34.5 Å². The molecule has 9 heteroatoms. The SMILES string of the molecule is CC(=O)OCC(=O)[C@@]1(OC(C)=O)[C@@H](C)C[C@H]2[C@@H]3C[C@H](F)C4=C(F)C(=O)C=C[C@]4(C)[C@H]3[C@@H](O)C[C@@]21C. The Morgan fingerprint density at radius 3 is 2.43 bits per heavy atom. The van der Waals surface area contributed by atoms with Gasteiger partial charge in [-0.1, -0.05) is 26.8 Å². The highest BCUT2D eigenvalue weighted by molar-refractivity contribution is 6.04. The predicted octanol–water partition coefficient (Wildman–Crippen LogP) is 3.19. The smallest absolute Gasteiger partial charge is 0.303 e. The van der Waals surface area contributed by atoms with E-state index in [1.165, 1.54) is 19.9 Å². The molecule has 3 saturated carbocycles. The average Bonchev–Trinajstić information content (AvgIpc) is 2.96. The fraction of sp³-hybridized carbons (Fsp3) is 0.692. The van der Waals surface area contributed by atoms with Crippen LogP contribution >= 0.6 is 0 Å². The number of esters is 2. The molecule has 192 valence electrons. The third kappa shape index (κ3) is 3.44. The Hall–Kier alpha value is -2.42. The number of carbonyl (C=O) groups excluding carboxylic acids is 4. The number of carbonyl (C=O) groups is 4. The first-order valence-electron chi connectivity index (χ1n) is 12.0. The average molecular weight is 495 g/mol. The standard InChI is InChI=1S/C26H32F2O7/c1-12-8-16-15-9-17(27)22-23(28)18(31)6-7-24(22,4)21(15)19(32)10-25(16,5)26(12,35-14(3)30)20(33)11-34-13(2)29/h6-7,12,15-17,19,21,32H,8-11H2,1-5H3/t12-,15-,16-,17-,19-,21+,24+,25-,26-/m0/s1. The molecule has 0 unspecified atom stereocenters. The molecule has 0 aromatic carbocycles. The normalized spacial score (nSPS) is 44.3. The molecule has 1 N–H and O–H groups in total. The molecular weight excluding hydrogens is 462 g/mol. The molecule has 0 radical (unpaired) electrons. The van der Waals surface area contributed by atoms with Crippen LogP contribution in [-0.4, -0.2) is 53.1 Å². The Labute approximate surface area is 202 Å². The quantitative estimate of drug-likeness (QED) is 0.598. The molecular formula is C26H32F2O7. The van der Waals surface area contributed by atoms with E-state index in [2.05, 4.69) is 0 Å². The van der Waals surface area contributed by atoms with Crippen LogP contribution in [0.25, 0.3) is 0 Å². The summed E-state index contributed by atoms with van der Waals surface area (Å²) in [6, 6.07) is 0. The first-order valence-corrected chi connectivity index (χ1v) is 12.0. The molecule has 0 aromatic heterocycles. The number of rotatable bonds is 4. The Balaban J connectivity index is 1.82. The van der Waals surface area contributed by atoms with Gasteiger partial charge < -0.3 is 14.6 Å². The summed E-state index contributed by atoms with van der Waals surface area (Å²) in [4.78, 5) is 49.2. The van der Waals surface area contributed by atoms with Gasteiger partial charge in [0.25, 0.3) is 0 Å². The number of hydrogen-bond acceptors (Lipinski definition) is 7. The summed E-state index contributed by atoms with van der Waals surface area (Å²) in [5.74, 6) is -5.84. The van der Waals surface area contributed by atoms with Gasteiger partial charge in [-0.25, -0.2) is 8.78 Å². The highest BCUT2D eigenvalue weighted by Gasteiger charge is 2.73. The van der Waals surface area contributed by atoms with E-state index in [0.29, 0.717) is 6.42 Å². The molecule has 4 aliphatic rings. The van der Waals surface area contributed by atoms with E-state index in [1.54, 1.807) is 20.8 Å². The number of Topliss-reactive ketones (excluding diaryl/α,β-unsaturated/α-hetero) is 1. The largest absolute Gasteiger partial charge is 0.458 e. The Morgan fingerprint density at radius 1 is 1.17 bits per heavy atom. The molecule has 3 fully saturated rings. The van der Waals surface area contributed by atoms with Gasteiger partial charge in [0, 0.05) is 42.1 Å². The van der Waals surface area contributed by atoms with E-state index in [1.807, 2.05) is 0 Å². The lowest BCUT2D eigenvalue weighted by atomic mass is 9.45. The third-order valence-electron chi connectivity index (χ3n) is 9.22. The van der Waals surface area contributed by atoms with Gasteiger partial charge in [-0.2, -0.15) is 0 Å². The number of hydrogen-bond donors (Lipinski definition) is 1. The summed E-state index contributed by atoms with van der Waals surface area (Å²) in [5, 5.41) is 11.5. The van der Waals surface area contributed by atoms with Crippen molar-refractivity contribution in [3.63, 3.8) is 0 Å². The van der Waals surface area contributed by atoms with Gasteiger partial charge in [-0.3, -0.25) is 19.2 Å². The third-order valence-corrected chi connectivity index (χ3v) is 9.22. The molecule has 0 aromatic rings. The molecule has 0 saturated heterocycles. The zero-order valence-corrected chi connectivity index (χ0v) is 20.6. The van der Waals surface area contributed by atoms with E-state index in [4.69, 9.17) is 9.47 Å². The zero-order valence-electron chi connectivity index (χ0n) is 20.6. The minimum absolute atomic E-state index is 0.0332. The number of alkyl halides is 1. The van der Waals surface area contributed by atoms with Crippen molar-refractivity contribution >= 4 is 23.5 Å². The minimum Gasteiger partial charge on any atom is -0.458 e. The number of allylic oxidation sites excluding steroid dienone is 4. The molecule has 4 aliphatic carbocycles. The van der Waals surface area contributed by atoms with Gasteiger partial charge in [0.15, 0.2) is 18.0 Å². The number of halogens is 2. The monoisotopic (exact) mass is 494 g/mol. The molecule has 0 aliphatic heterocycles. The fourth-order valence-electron chi connectivity index (χ4n) is 8.12. The predicted molar refractivity (Wildman–Crippen MR) is 119 cm³/mol. The van der Waals surface area contributed by atoms with Crippen molar-refractivity contribution in [2.75, 3.05) is 6.61 Å².